The highest BCUT2D eigenvalue weighted by molar-refractivity contribution is 5.90. The standard InChI is InChI=1S/C13H15N3O2/c1-10-7-8-16(15-10)9-13(17)14-11-3-5-12(18-2)6-4-11/h3-8H,9H2,1-2H3,(H,14,17). The Bertz CT molecular complexity index is 531. The molecule has 0 aliphatic rings. The van der Waals surface area contributed by atoms with Gasteiger partial charge in [0.05, 0.1) is 12.8 Å². The largest absolute Gasteiger partial charge is 0.497 e. The maximum Gasteiger partial charge on any atom is 0.246 e. The first-order valence-electron chi connectivity index (χ1n) is 5.61. The summed E-state index contributed by atoms with van der Waals surface area (Å²) in [5, 5.41) is 6.95. The monoisotopic (exact) mass is 245 g/mol. The van der Waals surface area contributed by atoms with Crippen molar-refractivity contribution in [1.82, 2.24) is 9.78 Å². The van der Waals surface area contributed by atoms with Crippen molar-refractivity contribution in [1.29, 1.82) is 0 Å². The van der Waals surface area contributed by atoms with Gasteiger partial charge in [-0.1, -0.05) is 0 Å². The molecule has 1 heterocycles. The van der Waals surface area contributed by atoms with Crippen LogP contribution in [0, 0.1) is 6.92 Å². The van der Waals surface area contributed by atoms with Gasteiger partial charge in [0, 0.05) is 11.9 Å². The van der Waals surface area contributed by atoms with Gasteiger partial charge in [-0.2, -0.15) is 5.10 Å². The minimum Gasteiger partial charge on any atom is -0.497 e. The van der Waals surface area contributed by atoms with E-state index in [0.717, 1.165) is 17.1 Å². The molecule has 1 aromatic heterocycles. The highest BCUT2D eigenvalue weighted by atomic mass is 16.5. The minimum absolute atomic E-state index is 0.108. The highest BCUT2D eigenvalue weighted by Crippen LogP contribution is 2.14. The maximum atomic E-state index is 11.7. The number of rotatable bonds is 4. The van der Waals surface area contributed by atoms with E-state index >= 15 is 0 Å². The van der Waals surface area contributed by atoms with Gasteiger partial charge in [0.25, 0.3) is 0 Å². The van der Waals surface area contributed by atoms with E-state index in [1.165, 1.54) is 0 Å². The zero-order chi connectivity index (χ0) is 13.0. The Morgan fingerprint density at radius 2 is 2.06 bits per heavy atom. The fraction of sp³-hybridized carbons (Fsp3) is 0.231. The molecule has 0 saturated carbocycles. The number of aromatic nitrogens is 2. The average molecular weight is 245 g/mol. The number of nitrogens with one attached hydrogen (secondary N) is 1. The molecule has 0 unspecified atom stereocenters. The van der Waals surface area contributed by atoms with Gasteiger partial charge in [-0.15, -0.1) is 0 Å². The molecular formula is C13H15N3O2. The Morgan fingerprint density at radius 3 is 2.61 bits per heavy atom. The number of anilines is 1. The van der Waals surface area contributed by atoms with Crippen molar-refractivity contribution in [3.05, 3.63) is 42.2 Å². The third-order valence-corrected chi connectivity index (χ3v) is 2.45. The van der Waals surface area contributed by atoms with Gasteiger partial charge in [0.1, 0.15) is 12.3 Å². The maximum absolute atomic E-state index is 11.7. The van der Waals surface area contributed by atoms with Crippen molar-refractivity contribution in [3.63, 3.8) is 0 Å². The van der Waals surface area contributed by atoms with Crippen molar-refractivity contribution in [2.24, 2.45) is 0 Å². The first kappa shape index (κ1) is 12.2. The van der Waals surface area contributed by atoms with Gasteiger partial charge in [0.15, 0.2) is 0 Å². The van der Waals surface area contributed by atoms with E-state index < -0.39 is 0 Å². The fourth-order valence-electron chi connectivity index (χ4n) is 1.57. The summed E-state index contributed by atoms with van der Waals surface area (Å²) in [5.74, 6) is 0.652. The van der Waals surface area contributed by atoms with Crippen molar-refractivity contribution in [3.8, 4) is 5.75 Å². The molecule has 1 amide bonds. The molecule has 5 heteroatoms. The highest BCUT2D eigenvalue weighted by Gasteiger charge is 2.04. The molecule has 2 aromatic rings. The smallest absolute Gasteiger partial charge is 0.246 e. The zero-order valence-electron chi connectivity index (χ0n) is 10.4. The molecular weight excluding hydrogens is 230 g/mol. The zero-order valence-corrected chi connectivity index (χ0v) is 10.4. The number of ether oxygens (including phenoxy) is 1. The molecule has 0 aliphatic carbocycles. The lowest BCUT2D eigenvalue weighted by molar-refractivity contribution is -0.116. The second kappa shape index (κ2) is 5.35. The Balaban J connectivity index is 1.94. The van der Waals surface area contributed by atoms with E-state index in [1.54, 1.807) is 42.3 Å². The van der Waals surface area contributed by atoms with Crippen LogP contribution in [0.1, 0.15) is 5.69 Å². The fourth-order valence-corrected chi connectivity index (χ4v) is 1.57. The van der Waals surface area contributed by atoms with Crippen LogP contribution in [-0.4, -0.2) is 22.8 Å². The topological polar surface area (TPSA) is 56.1 Å². The second-order valence-corrected chi connectivity index (χ2v) is 3.93. The number of carbonyl (C=O) groups excluding carboxylic acids is 1. The predicted molar refractivity (Wildman–Crippen MR) is 68.6 cm³/mol. The third kappa shape index (κ3) is 3.10. The van der Waals surface area contributed by atoms with Gasteiger partial charge in [-0.05, 0) is 37.3 Å². The number of amides is 1. The van der Waals surface area contributed by atoms with Gasteiger partial charge in [-0.25, -0.2) is 0 Å². The summed E-state index contributed by atoms with van der Waals surface area (Å²) in [6.07, 6.45) is 1.78. The number of hydrogen-bond donors (Lipinski definition) is 1. The number of methoxy groups -OCH3 is 1. The molecule has 1 N–H and O–H groups in total. The molecule has 0 aliphatic heterocycles. The molecule has 1 aromatic carbocycles. The number of benzene rings is 1. The Morgan fingerprint density at radius 1 is 1.33 bits per heavy atom. The van der Waals surface area contributed by atoms with E-state index in [-0.39, 0.29) is 12.5 Å². The van der Waals surface area contributed by atoms with Crippen LogP contribution in [0.2, 0.25) is 0 Å². The Labute approximate surface area is 105 Å². The lowest BCUT2D eigenvalue weighted by Gasteiger charge is -2.06. The van der Waals surface area contributed by atoms with Gasteiger partial charge in [-0.3, -0.25) is 9.48 Å². The molecule has 0 atom stereocenters. The van der Waals surface area contributed by atoms with E-state index in [4.69, 9.17) is 4.74 Å². The molecule has 0 spiro atoms. The predicted octanol–water partition coefficient (Wildman–Crippen LogP) is 1.84. The quantitative estimate of drug-likeness (QED) is 0.894. The van der Waals surface area contributed by atoms with Crippen LogP contribution in [0.4, 0.5) is 5.69 Å². The van der Waals surface area contributed by atoms with Crippen molar-refractivity contribution in [2.45, 2.75) is 13.5 Å². The molecule has 0 saturated heterocycles. The van der Waals surface area contributed by atoms with Crippen LogP contribution in [0.15, 0.2) is 36.5 Å². The summed E-state index contributed by atoms with van der Waals surface area (Å²) in [5.41, 5.74) is 1.64. The van der Waals surface area contributed by atoms with E-state index in [9.17, 15) is 4.79 Å². The molecule has 18 heavy (non-hydrogen) atoms. The molecule has 0 fully saturated rings. The Kier molecular flexibility index (Phi) is 3.62. The first-order chi connectivity index (χ1) is 8.67. The van der Waals surface area contributed by atoms with Crippen LogP contribution in [0.5, 0.6) is 5.75 Å². The molecule has 0 bridgehead atoms. The van der Waals surface area contributed by atoms with Crippen molar-refractivity contribution >= 4 is 11.6 Å². The van der Waals surface area contributed by atoms with Gasteiger partial charge in [0.2, 0.25) is 5.91 Å². The molecule has 2 rings (SSSR count). The van der Waals surface area contributed by atoms with Gasteiger partial charge >= 0.3 is 0 Å². The molecule has 94 valence electrons. The minimum atomic E-state index is -0.108. The van der Waals surface area contributed by atoms with Crippen molar-refractivity contribution in [2.75, 3.05) is 12.4 Å². The Hall–Kier alpha value is -2.30. The van der Waals surface area contributed by atoms with Crippen molar-refractivity contribution < 1.29 is 9.53 Å². The first-order valence-corrected chi connectivity index (χ1v) is 5.61. The number of carbonyl (C=O) groups is 1. The lowest BCUT2D eigenvalue weighted by atomic mass is 10.3. The molecule has 5 nitrogen and oxygen atoms in total. The normalized spacial score (nSPS) is 10.1. The van der Waals surface area contributed by atoms with Crippen LogP contribution in [0.3, 0.4) is 0 Å². The number of hydrogen-bond acceptors (Lipinski definition) is 3. The number of nitrogens with zero attached hydrogens (tertiary/aromatic N) is 2. The average Bonchev–Trinajstić information content (AvgIpc) is 2.75. The summed E-state index contributed by atoms with van der Waals surface area (Å²) >= 11 is 0. The van der Waals surface area contributed by atoms with E-state index in [2.05, 4.69) is 10.4 Å². The summed E-state index contributed by atoms with van der Waals surface area (Å²) in [6, 6.07) is 9.05. The van der Waals surface area contributed by atoms with Crippen LogP contribution in [-0.2, 0) is 11.3 Å². The van der Waals surface area contributed by atoms with Crippen LogP contribution < -0.4 is 10.1 Å². The van der Waals surface area contributed by atoms with E-state index in [1.807, 2.05) is 13.0 Å². The SMILES string of the molecule is COc1ccc(NC(=O)Cn2ccc(C)n2)cc1. The summed E-state index contributed by atoms with van der Waals surface area (Å²) in [7, 11) is 1.60. The van der Waals surface area contributed by atoms with Crippen LogP contribution >= 0.6 is 0 Å². The van der Waals surface area contributed by atoms with Crippen LogP contribution in [0.25, 0.3) is 0 Å². The molecule has 0 radical (unpaired) electrons. The second-order valence-electron chi connectivity index (χ2n) is 3.93. The third-order valence-electron chi connectivity index (χ3n) is 2.45. The summed E-state index contributed by atoms with van der Waals surface area (Å²) in [6.45, 7) is 2.09. The van der Waals surface area contributed by atoms with Gasteiger partial charge < -0.3 is 10.1 Å². The summed E-state index contributed by atoms with van der Waals surface area (Å²) < 4.78 is 6.65. The number of aryl methyl sites for hydroxylation is 1. The van der Waals surface area contributed by atoms with E-state index in [0.29, 0.717) is 0 Å². The summed E-state index contributed by atoms with van der Waals surface area (Å²) in [4.78, 5) is 11.7. The lowest BCUT2D eigenvalue weighted by Crippen LogP contribution is -2.19.